The second-order valence-electron chi connectivity index (χ2n) is 7.23. The molecule has 0 spiro atoms. The van der Waals surface area contributed by atoms with Crippen LogP contribution in [0, 0.1) is 0 Å². The highest BCUT2D eigenvalue weighted by atomic mass is 79.9. The Morgan fingerprint density at radius 3 is 2.27 bits per heavy atom. The summed E-state index contributed by atoms with van der Waals surface area (Å²) in [6.45, 7) is 2.38. The fraction of sp³-hybridized carbons (Fsp3) is 0.350. The maximum absolute atomic E-state index is 14.1. The van der Waals surface area contributed by atoms with Crippen LogP contribution in [-0.4, -0.2) is 17.2 Å². The van der Waals surface area contributed by atoms with E-state index in [0.29, 0.717) is 11.8 Å². The highest BCUT2D eigenvalue weighted by Crippen LogP contribution is 2.52. The van der Waals surface area contributed by atoms with Gasteiger partial charge in [-0.3, -0.25) is 4.79 Å². The third kappa shape index (κ3) is 3.60. The Morgan fingerprint density at radius 2 is 1.70 bits per heavy atom. The Kier molecular flexibility index (Phi) is 5.47. The number of hydrogen-bond acceptors (Lipinski definition) is 2. The van der Waals surface area contributed by atoms with Gasteiger partial charge in [0.2, 0.25) is 5.91 Å². The molecule has 0 fully saturated rings. The van der Waals surface area contributed by atoms with Crippen LogP contribution in [0.3, 0.4) is 0 Å². The summed E-state index contributed by atoms with van der Waals surface area (Å²) >= 11 is 2.90. The van der Waals surface area contributed by atoms with E-state index in [4.69, 9.17) is 0 Å². The summed E-state index contributed by atoms with van der Waals surface area (Å²) < 4.78 is 83.0. The lowest BCUT2D eigenvalue weighted by molar-refractivity contribution is -0.275. The molecular weight excluding hydrogens is 480 g/mol. The summed E-state index contributed by atoms with van der Waals surface area (Å²) in [7, 11) is 0. The van der Waals surface area contributed by atoms with E-state index in [1.807, 2.05) is 0 Å². The van der Waals surface area contributed by atoms with E-state index in [1.54, 1.807) is 0 Å². The molecule has 2 aromatic carbocycles. The number of aliphatic hydroxyl groups is 1. The predicted octanol–water partition coefficient (Wildman–Crippen LogP) is 6.08. The lowest BCUT2D eigenvalue weighted by Gasteiger charge is -2.38. The normalized spacial score (nSPS) is 19.8. The third-order valence-corrected chi connectivity index (χ3v) is 5.95. The summed E-state index contributed by atoms with van der Waals surface area (Å²) in [5, 5.41) is 13.4. The van der Waals surface area contributed by atoms with Gasteiger partial charge in [0.15, 0.2) is 5.60 Å². The van der Waals surface area contributed by atoms with Gasteiger partial charge in [0, 0.05) is 16.1 Å². The Morgan fingerprint density at radius 1 is 1.07 bits per heavy atom. The monoisotopic (exact) mass is 495 g/mol. The Balaban J connectivity index is 2.21. The average molecular weight is 496 g/mol. The van der Waals surface area contributed by atoms with Crippen molar-refractivity contribution < 1.29 is 36.2 Å². The van der Waals surface area contributed by atoms with E-state index < -0.39 is 52.4 Å². The predicted molar refractivity (Wildman–Crippen MR) is 101 cm³/mol. The molecule has 1 amide bonds. The molecule has 0 aromatic heterocycles. The second-order valence-corrected chi connectivity index (χ2v) is 8.14. The lowest BCUT2D eigenvalue weighted by Crippen LogP contribution is -2.47. The van der Waals surface area contributed by atoms with E-state index >= 15 is 0 Å². The van der Waals surface area contributed by atoms with Crippen molar-refractivity contribution in [2.45, 2.75) is 43.6 Å². The number of alkyl halides is 6. The SMILES string of the molecule is CC1C(=O)Nc2ccc(C(O)(C(C)c3ccc(Br)cc3C(F)(F)F)C(F)(F)F)cc21. The number of benzene rings is 2. The molecule has 0 saturated carbocycles. The molecule has 2 aromatic rings. The molecule has 3 atom stereocenters. The Bertz CT molecular complexity index is 1000. The van der Waals surface area contributed by atoms with Crippen LogP contribution < -0.4 is 5.32 Å². The van der Waals surface area contributed by atoms with Crippen LogP contribution >= 0.6 is 15.9 Å². The van der Waals surface area contributed by atoms with Crippen LogP contribution in [-0.2, 0) is 16.6 Å². The summed E-state index contributed by atoms with van der Waals surface area (Å²) in [5.74, 6) is -3.18. The molecule has 1 heterocycles. The molecule has 30 heavy (non-hydrogen) atoms. The van der Waals surface area contributed by atoms with Gasteiger partial charge in [-0.2, -0.15) is 26.3 Å². The maximum Gasteiger partial charge on any atom is 0.422 e. The van der Waals surface area contributed by atoms with E-state index in [0.717, 1.165) is 25.1 Å². The first-order valence-electron chi connectivity index (χ1n) is 8.79. The van der Waals surface area contributed by atoms with Crippen LogP contribution in [0.15, 0.2) is 40.9 Å². The van der Waals surface area contributed by atoms with Gasteiger partial charge in [-0.05, 0) is 47.9 Å². The molecule has 0 bridgehead atoms. The third-order valence-electron chi connectivity index (χ3n) is 5.46. The Hall–Kier alpha value is -2.07. The summed E-state index contributed by atoms with van der Waals surface area (Å²) in [6.07, 6.45) is -10.2. The number of hydrogen-bond donors (Lipinski definition) is 2. The Labute approximate surface area is 176 Å². The minimum atomic E-state index is -5.30. The zero-order chi connectivity index (χ0) is 22.6. The number of carbonyl (C=O) groups excluding carboxylic acids is 1. The number of nitrogens with one attached hydrogen (secondary N) is 1. The van der Waals surface area contributed by atoms with Crippen LogP contribution in [0.1, 0.15) is 47.9 Å². The number of amides is 1. The first-order valence-corrected chi connectivity index (χ1v) is 9.58. The van der Waals surface area contributed by atoms with Crippen LogP contribution in [0.2, 0.25) is 0 Å². The number of rotatable bonds is 3. The largest absolute Gasteiger partial charge is 0.422 e. The molecule has 0 radical (unpaired) electrons. The van der Waals surface area contributed by atoms with Crippen molar-refractivity contribution in [1.29, 1.82) is 0 Å². The van der Waals surface area contributed by atoms with Crippen molar-refractivity contribution in [3.8, 4) is 0 Å². The molecule has 1 aliphatic rings. The van der Waals surface area contributed by atoms with Gasteiger partial charge >= 0.3 is 12.4 Å². The van der Waals surface area contributed by atoms with Gasteiger partial charge in [0.25, 0.3) is 0 Å². The van der Waals surface area contributed by atoms with Crippen molar-refractivity contribution in [3.63, 3.8) is 0 Å². The van der Waals surface area contributed by atoms with Crippen molar-refractivity contribution >= 4 is 27.5 Å². The zero-order valence-electron chi connectivity index (χ0n) is 15.6. The van der Waals surface area contributed by atoms with E-state index in [9.17, 15) is 36.2 Å². The summed E-state index contributed by atoms with van der Waals surface area (Å²) in [6, 6.07) is 5.97. The van der Waals surface area contributed by atoms with E-state index in [-0.39, 0.29) is 10.0 Å². The number of carbonyl (C=O) groups is 1. The van der Waals surface area contributed by atoms with Gasteiger partial charge in [0.1, 0.15) is 0 Å². The van der Waals surface area contributed by atoms with Crippen molar-refractivity contribution in [2.75, 3.05) is 5.32 Å². The molecule has 3 unspecified atom stereocenters. The molecule has 10 heteroatoms. The van der Waals surface area contributed by atoms with Crippen LogP contribution in [0.5, 0.6) is 0 Å². The number of halogens is 7. The van der Waals surface area contributed by atoms with Crippen LogP contribution in [0.25, 0.3) is 0 Å². The van der Waals surface area contributed by atoms with Crippen molar-refractivity contribution in [1.82, 2.24) is 0 Å². The summed E-state index contributed by atoms with van der Waals surface area (Å²) in [4.78, 5) is 11.8. The highest BCUT2D eigenvalue weighted by Gasteiger charge is 2.59. The van der Waals surface area contributed by atoms with Gasteiger partial charge in [-0.15, -0.1) is 0 Å². The molecule has 162 valence electrons. The van der Waals surface area contributed by atoms with Gasteiger partial charge < -0.3 is 10.4 Å². The smallest absolute Gasteiger partial charge is 0.376 e. The molecule has 1 aliphatic heterocycles. The molecule has 2 N–H and O–H groups in total. The first-order chi connectivity index (χ1) is 13.7. The van der Waals surface area contributed by atoms with E-state index in [2.05, 4.69) is 21.2 Å². The number of fused-ring (bicyclic) bond motifs is 1. The van der Waals surface area contributed by atoms with Crippen molar-refractivity contribution in [2.24, 2.45) is 0 Å². The molecular formula is C20H16BrF6NO2. The molecule has 0 aliphatic carbocycles. The molecule has 3 nitrogen and oxygen atoms in total. The first kappa shape index (κ1) is 22.6. The topological polar surface area (TPSA) is 49.3 Å². The standard InChI is InChI=1S/C20H16BrF6NO2/c1-9-14-7-11(3-6-16(14)28-17(9)29)18(30,20(25,26)27)10(2)13-5-4-12(21)8-15(13)19(22,23)24/h3-10,30H,1-2H3,(H,28,29). The average Bonchev–Trinajstić information content (AvgIpc) is 2.92. The summed E-state index contributed by atoms with van der Waals surface area (Å²) in [5.41, 5.74) is -5.71. The maximum atomic E-state index is 14.1. The second kappa shape index (κ2) is 7.26. The quantitative estimate of drug-likeness (QED) is 0.507. The van der Waals surface area contributed by atoms with Crippen molar-refractivity contribution in [3.05, 3.63) is 63.1 Å². The minimum Gasteiger partial charge on any atom is -0.376 e. The molecule has 0 saturated heterocycles. The van der Waals surface area contributed by atoms with Crippen LogP contribution in [0.4, 0.5) is 32.0 Å². The van der Waals surface area contributed by atoms with E-state index in [1.165, 1.54) is 19.1 Å². The highest BCUT2D eigenvalue weighted by molar-refractivity contribution is 9.10. The van der Waals surface area contributed by atoms with Gasteiger partial charge in [-0.1, -0.05) is 35.0 Å². The zero-order valence-corrected chi connectivity index (χ0v) is 17.2. The fourth-order valence-corrected chi connectivity index (χ4v) is 4.05. The number of anilines is 1. The lowest BCUT2D eigenvalue weighted by atomic mass is 9.75. The van der Waals surface area contributed by atoms with Gasteiger partial charge in [0.05, 0.1) is 11.5 Å². The minimum absolute atomic E-state index is 0.0391. The van der Waals surface area contributed by atoms with Gasteiger partial charge in [-0.25, -0.2) is 0 Å². The fourth-order valence-electron chi connectivity index (χ4n) is 3.69. The molecule has 3 rings (SSSR count).